The van der Waals surface area contributed by atoms with Crippen LogP contribution < -0.4 is 9.47 Å². The molecule has 0 aliphatic rings. The predicted octanol–water partition coefficient (Wildman–Crippen LogP) is 6.32. The van der Waals surface area contributed by atoms with E-state index in [1.807, 2.05) is 54.6 Å². The topological polar surface area (TPSA) is 81.8 Å². The Bertz CT molecular complexity index is 1200. The summed E-state index contributed by atoms with van der Waals surface area (Å²) in [4.78, 5) is 10.9. The van der Waals surface area contributed by atoms with Gasteiger partial charge in [0.2, 0.25) is 0 Å². The van der Waals surface area contributed by atoms with Crippen LogP contribution in [0.5, 0.6) is 11.5 Å². The third-order valence-corrected chi connectivity index (χ3v) is 5.20. The summed E-state index contributed by atoms with van der Waals surface area (Å²) in [5.74, 6) is 1.41. The fraction of sp³-hybridized carbons (Fsp3) is 0.185. The number of benzene rings is 3. The van der Waals surface area contributed by atoms with Gasteiger partial charge in [0.1, 0.15) is 36.2 Å². The minimum absolute atomic E-state index is 0.192. The van der Waals surface area contributed by atoms with Gasteiger partial charge in [-0.05, 0) is 42.0 Å². The van der Waals surface area contributed by atoms with E-state index in [-0.39, 0.29) is 11.5 Å². The molecule has 4 aromatic rings. The molecule has 1 N–H and O–H groups in total. The third-order valence-electron chi connectivity index (χ3n) is 5.20. The summed E-state index contributed by atoms with van der Waals surface area (Å²) < 4.78 is 17.4. The van der Waals surface area contributed by atoms with Crippen molar-refractivity contribution in [2.45, 2.75) is 33.0 Å². The molecule has 0 fully saturated rings. The summed E-state index contributed by atoms with van der Waals surface area (Å²) in [6.07, 6.45) is 0. The maximum Gasteiger partial charge on any atom is 0.335 e. The first-order valence-electron chi connectivity index (χ1n) is 10.7. The van der Waals surface area contributed by atoms with Crippen molar-refractivity contribution in [3.8, 4) is 22.8 Å². The SMILES string of the molecule is CC(C)c1onc(-c2ccccc2)c1COc1ccc(COc2ccc(C(=O)O)cc2)cc1. The quantitative estimate of drug-likeness (QED) is 0.326. The van der Waals surface area contributed by atoms with E-state index >= 15 is 0 Å². The van der Waals surface area contributed by atoms with Crippen LogP contribution in [0.25, 0.3) is 11.3 Å². The number of hydrogen-bond acceptors (Lipinski definition) is 5. The minimum atomic E-state index is -0.959. The van der Waals surface area contributed by atoms with Gasteiger partial charge in [0.25, 0.3) is 0 Å². The highest BCUT2D eigenvalue weighted by Crippen LogP contribution is 2.31. The zero-order valence-electron chi connectivity index (χ0n) is 18.5. The Morgan fingerprint density at radius 1 is 0.879 bits per heavy atom. The number of rotatable bonds is 9. The van der Waals surface area contributed by atoms with Crippen LogP contribution in [-0.4, -0.2) is 16.2 Å². The first-order chi connectivity index (χ1) is 16.0. The predicted molar refractivity (Wildman–Crippen MR) is 125 cm³/mol. The number of aromatic carboxylic acids is 1. The van der Waals surface area contributed by atoms with Crippen molar-refractivity contribution in [3.63, 3.8) is 0 Å². The maximum absolute atomic E-state index is 10.9. The van der Waals surface area contributed by atoms with Crippen molar-refractivity contribution in [1.82, 2.24) is 5.16 Å². The molecule has 0 aliphatic heterocycles. The second kappa shape index (κ2) is 10.0. The van der Waals surface area contributed by atoms with Gasteiger partial charge in [0.05, 0.1) is 11.1 Å². The molecule has 6 nitrogen and oxygen atoms in total. The number of aromatic nitrogens is 1. The van der Waals surface area contributed by atoms with Crippen LogP contribution in [0, 0.1) is 0 Å². The molecular weight excluding hydrogens is 418 g/mol. The van der Waals surface area contributed by atoms with E-state index in [0.29, 0.717) is 19.0 Å². The number of carboxylic acids is 1. The number of hydrogen-bond donors (Lipinski definition) is 1. The monoisotopic (exact) mass is 443 g/mol. The Hall–Kier alpha value is -4.06. The molecule has 0 aliphatic carbocycles. The lowest BCUT2D eigenvalue weighted by Crippen LogP contribution is -2.01. The summed E-state index contributed by atoms with van der Waals surface area (Å²) in [7, 11) is 0. The summed E-state index contributed by atoms with van der Waals surface area (Å²) >= 11 is 0. The second-order valence-corrected chi connectivity index (χ2v) is 7.95. The smallest absolute Gasteiger partial charge is 0.335 e. The van der Waals surface area contributed by atoms with E-state index in [9.17, 15) is 4.79 Å². The van der Waals surface area contributed by atoms with Crippen molar-refractivity contribution in [1.29, 1.82) is 0 Å². The molecule has 0 spiro atoms. The van der Waals surface area contributed by atoms with Crippen molar-refractivity contribution in [3.05, 3.63) is 101 Å². The van der Waals surface area contributed by atoms with Gasteiger partial charge in [0, 0.05) is 11.5 Å². The standard InChI is InChI=1S/C27H25NO5/c1-18(2)26-24(25(28-33-26)20-6-4-3-5-7-20)17-32-22-12-8-19(9-13-22)16-31-23-14-10-21(11-15-23)27(29)30/h3-15,18H,16-17H2,1-2H3,(H,29,30). The summed E-state index contributed by atoms with van der Waals surface area (Å²) in [5.41, 5.74) is 3.96. The Balaban J connectivity index is 1.40. The molecule has 0 amide bonds. The van der Waals surface area contributed by atoms with Gasteiger partial charge in [-0.2, -0.15) is 0 Å². The highest BCUT2D eigenvalue weighted by atomic mass is 16.5. The molecule has 0 saturated heterocycles. The van der Waals surface area contributed by atoms with Gasteiger partial charge in [0.15, 0.2) is 0 Å². The molecule has 1 heterocycles. The highest BCUT2D eigenvalue weighted by Gasteiger charge is 2.20. The number of nitrogens with zero attached hydrogens (tertiary/aromatic N) is 1. The molecule has 33 heavy (non-hydrogen) atoms. The maximum atomic E-state index is 10.9. The van der Waals surface area contributed by atoms with Crippen LogP contribution in [0.2, 0.25) is 0 Å². The highest BCUT2D eigenvalue weighted by molar-refractivity contribution is 5.87. The van der Waals surface area contributed by atoms with Gasteiger partial charge in [-0.3, -0.25) is 0 Å². The molecule has 3 aromatic carbocycles. The number of carbonyl (C=O) groups is 1. The summed E-state index contributed by atoms with van der Waals surface area (Å²) in [6.45, 7) is 4.87. The Morgan fingerprint density at radius 3 is 2.09 bits per heavy atom. The summed E-state index contributed by atoms with van der Waals surface area (Å²) in [5, 5.41) is 13.3. The molecule has 0 unspecified atom stereocenters. The van der Waals surface area contributed by atoms with E-state index < -0.39 is 5.97 Å². The average Bonchev–Trinajstić information content (AvgIpc) is 3.27. The van der Waals surface area contributed by atoms with E-state index in [4.69, 9.17) is 19.1 Å². The molecule has 0 bridgehead atoms. The average molecular weight is 443 g/mol. The minimum Gasteiger partial charge on any atom is -0.489 e. The number of ether oxygens (including phenoxy) is 2. The van der Waals surface area contributed by atoms with Crippen LogP contribution >= 0.6 is 0 Å². The van der Waals surface area contributed by atoms with Crippen molar-refractivity contribution >= 4 is 5.97 Å². The van der Waals surface area contributed by atoms with Crippen LogP contribution in [-0.2, 0) is 13.2 Å². The summed E-state index contributed by atoms with van der Waals surface area (Å²) in [6, 6.07) is 24.0. The number of carboxylic acid groups (broad SMARTS) is 1. The van der Waals surface area contributed by atoms with Gasteiger partial charge in [-0.15, -0.1) is 0 Å². The van der Waals surface area contributed by atoms with Crippen molar-refractivity contribution in [2.75, 3.05) is 0 Å². The third kappa shape index (κ3) is 5.41. The lowest BCUT2D eigenvalue weighted by molar-refractivity contribution is 0.0697. The van der Waals surface area contributed by atoms with Crippen molar-refractivity contribution in [2.24, 2.45) is 0 Å². The largest absolute Gasteiger partial charge is 0.489 e. The van der Waals surface area contributed by atoms with Crippen LogP contribution in [0.3, 0.4) is 0 Å². The molecule has 168 valence electrons. The second-order valence-electron chi connectivity index (χ2n) is 7.95. The van der Waals surface area contributed by atoms with Crippen molar-refractivity contribution < 1.29 is 23.9 Å². The van der Waals surface area contributed by atoms with Gasteiger partial charge in [-0.1, -0.05) is 61.5 Å². The van der Waals surface area contributed by atoms with Gasteiger partial charge >= 0.3 is 5.97 Å². The van der Waals surface area contributed by atoms with E-state index in [2.05, 4.69) is 19.0 Å². The van der Waals surface area contributed by atoms with Gasteiger partial charge < -0.3 is 19.1 Å². The molecule has 0 radical (unpaired) electrons. The Labute approximate surface area is 192 Å². The first-order valence-corrected chi connectivity index (χ1v) is 10.7. The van der Waals surface area contributed by atoms with E-state index in [0.717, 1.165) is 33.9 Å². The Kier molecular flexibility index (Phi) is 6.74. The molecule has 1 aromatic heterocycles. The zero-order valence-corrected chi connectivity index (χ0v) is 18.5. The lowest BCUT2D eigenvalue weighted by Gasteiger charge is -2.10. The normalized spacial score (nSPS) is 10.9. The molecule has 0 atom stereocenters. The van der Waals surface area contributed by atoms with E-state index in [1.54, 1.807) is 12.1 Å². The fourth-order valence-corrected chi connectivity index (χ4v) is 3.44. The lowest BCUT2D eigenvalue weighted by atomic mass is 10.0. The van der Waals surface area contributed by atoms with E-state index in [1.165, 1.54) is 12.1 Å². The van der Waals surface area contributed by atoms with Crippen LogP contribution in [0.1, 0.15) is 47.0 Å². The zero-order chi connectivity index (χ0) is 23.2. The molecular formula is C27H25NO5. The molecule has 6 heteroatoms. The Morgan fingerprint density at radius 2 is 1.48 bits per heavy atom. The van der Waals surface area contributed by atoms with Crippen LogP contribution in [0.4, 0.5) is 0 Å². The van der Waals surface area contributed by atoms with Crippen LogP contribution in [0.15, 0.2) is 83.4 Å². The molecule has 0 saturated carbocycles. The fourth-order valence-electron chi connectivity index (χ4n) is 3.44. The molecule has 4 rings (SSSR count). The first kappa shape index (κ1) is 22.1. The van der Waals surface area contributed by atoms with Gasteiger partial charge in [-0.25, -0.2) is 4.79 Å².